The van der Waals surface area contributed by atoms with Crippen LogP contribution in [0.5, 0.6) is 0 Å². The van der Waals surface area contributed by atoms with E-state index >= 15 is 0 Å². The molecule has 0 radical (unpaired) electrons. The number of anilines is 1. The van der Waals surface area contributed by atoms with Gasteiger partial charge in [0, 0.05) is 16.3 Å². The Kier molecular flexibility index (Phi) is 5.22. The second kappa shape index (κ2) is 7.38. The summed E-state index contributed by atoms with van der Waals surface area (Å²) >= 11 is 4.40. The van der Waals surface area contributed by atoms with E-state index in [0.717, 1.165) is 12.1 Å². The molecule has 0 N–H and O–H groups in total. The van der Waals surface area contributed by atoms with Crippen molar-refractivity contribution in [2.75, 3.05) is 16.4 Å². The van der Waals surface area contributed by atoms with Crippen LogP contribution in [0.1, 0.15) is 5.56 Å². The predicted molar refractivity (Wildman–Crippen MR) is 108 cm³/mol. The SMILES string of the molecule is O=S1(=O)C[C@@H]2N=C(SCc3ccc(Br)cc3F)N(c3ccc(F)cc3F)[C@@H]2C1. The van der Waals surface area contributed by atoms with Gasteiger partial charge < -0.3 is 4.90 Å². The molecular formula is C18H14BrF3N2O2S2. The Morgan fingerprint density at radius 1 is 1.11 bits per heavy atom. The Hall–Kier alpha value is -1.52. The molecule has 0 unspecified atom stereocenters. The second-order valence-electron chi connectivity index (χ2n) is 6.61. The summed E-state index contributed by atoms with van der Waals surface area (Å²) in [7, 11) is -3.29. The quantitative estimate of drug-likeness (QED) is 0.648. The van der Waals surface area contributed by atoms with E-state index < -0.39 is 33.6 Å². The van der Waals surface area contributed by atoms with Gasteiger partial charge in [-0.3, -0.25) is 4.99 Å². The summed E-state index contributed by atoms with van der Waals surface area (Å²) in [6, 6.07) is 6.77. The van der Waals surface area contributed by atoms with Crippen LogP contribution >= 0.6 is 27.7 Å². The molecule has 0 bridgehead atoms. The van der Waals surface area contributed by atoms with Gasteiger partial charge in [0.1, 0.15) is 17.5 Å². The van der Waals surface area contributed by atoms with Gasteiger partial charge in [-0.1, -0.05) is 33.8 Å². The molecule has 1 saturated heterocycles. The van der Waals surface area contributed by atoms with Crippen LogP contribution in [0.2, 0.25) is 0 Å². The van der Waals surface area contributed by atoms with Crippen molar-refractivity contribution in [2.45, 2.75) is 17.8 Å². The zero-order valence-electron chi connectivity index (χ0n) is 14.3. The summed E-state index contributed by atoms with van der Waals surface area (Å²) in [5, 5.41) is 0.401. The van der Waals surface area contributed by atoms with Gasteiger partial charge in [0.05, 0.1) is 29.3 Å². The Balaban J connectivity index is 1.65. The van der Waals surface area contributed by atoms with E-state index in [1.165, 1.54) is 28.8 Å². The normalized spacial score (nSPS) is 23.0. The molecule has 148 valence electrons. The molecule has 0 amide bonds. The van der Waals surface area contributed by atoms with Gasteiger partial charge in [-0.15, -0.1) is 0 Å². The number of nitrogens with zero attached hydrogens (tertiary/aromatic N) is 2. The maximum absolute atomic E-state index is 14.4. The Labute approximate surface area is 172 Å². The topological polar surface area (TPSA) is 49.7 Å². The van der Waals surface area contributed by atoms with E-state index in [1.54, 1.807) is 12.1 Å². The zero-order valence-corrected chi connectivity index (χ0v) is 17.5. The maximum Gasteiger partial charge on any atom is 0.164 e. The van der Waals surface area contributed by atoms with E-state index in [1.807, 2.05) is 0 Å². The highest BCUT2D eigenvalue weighted by atomic mass is 79.9. The van der Waals surface area contributed by atoms with Crippen molar-refractivity contribution in [3.63, 3.8) is 0 Å². The first-order valence-corrected chi connectivity index (χ1v) is 11.9. The first-order chi connectivity index (χ1) is 13.2. The predicted octanol–water partition coefficient (Wildman–Crippen LogP) is 4.14. The summed E-state index contributed by atoms with van der Waals surface area (Å²) in [6.07, 6.45) is 0. The van der Waals surface area contributed by atoms with Crippen molar-refractivity contribution in [2.24, 2.45) is 4.99 Å². The van der Waals surface area contributed by atoms with Crippen LogP contribution in [-0.2, 0) is 15.6 Å². The van der Waals surface area contributed by atoms with Gasteiger partial charge in [-0.05, 0) is 29.8 Å². The second-order valence-corrected chi connectivity index (χ2v) is 10.6. The number of amidine groups is 1. The van der Waals surface area contributed by atoms with Crippen molar-refractivity contribution in [3.8, 4) is 0 Å². The fourth-order valence-corrected chi connectivity index (χ4v) is 6.65. The standard InChI is InChI=1S/C18H14BrF3N2O2S2/c19-11-2-1-10(13(21)5-11)7-27-18-23-15-8-28(25,26)9-17(15)24(18)16-4-3-12(20)6-14(16)22/h1-6,15,17H,7-9H2/t15-,17+/m0/s1. The summed E-state index contributed by atoms with van der Waals surface area (Å²) in [5.41, 5.74) is 0.508. The molecule has 0 saturated carbocycles. The van der Waals surface area contributed by atoms with Crippen LogP contribution in [0.25, 0.3) is 0 Å². The molecule has 28 heavy (non-hydrogen) atoms. The Morgan fingerprint density at radius 3 is 2.61 bits per heavy atom. The third-order valence-electron chi connectivity index (χ3n) is 4.65. The van der Waals surface area contributed by atoms with E-state index in [9.17, 15) is 21.6 Å². The van der Waals surface area contributed by atoms with Crippen LogP contribution < -0.4 is 4.90 Å². The molecule has 2 heterocycles. The largest absolute Gasteiger partial charge is 0.312 e. The highest BCUT2D eigenvalue weighted by molar-refractivity contribution is 9.10. The van der Waals surface area contributed by atoms with Gasteiger partial charge in [-0.2, -0.15) is 0 Å². The fourth-order valence-electron chi connectivity index (χ4n) is 3.37. The highest BCUT2D eigenvalue weighted by Crippen LogP contribution is 2.37. The number of aliphatic imine (C=N–C) groups is 1. The number of sulfone groups is 1. The van der Waals surface area contributed by atoms with Crippen molar-refractivity contribution >= 4 is 48.4 Å². The molecule has 0 aromatic heterocycles. The molecule has 2 aliphatic rings. The van der Waals surface area contributed by atoms with Gasteiger partial charge in [0.25, 0.3) is 0 Å². The third kappa shape index (κ3) is 3.81. The van der Waals surface area contributed by atoms with Crippen LogP contribution in [-0.4, -0.2) is 37.2 Å². The van der Waals surface area contributed by atoms with Gasteiger partial charge in [0.2, 0.25) is 0 Å². The lowest BCUT2D eigenvalue weighted by atomic mass is 10.1. The molecule has 0 spiro atoms. The van der Waals surface area contributed by atoms with Crippen molar-refractivity contribution in [1.29, 1.82) is 0 Å². The average Bonchev–Trinajstić information content (AvgIpc) is 3.06. The number of fused-ring (bicyclic) bond motifs is 1. The molecule has 0 aliphatic carbocycles. The monoisotopic (exact) mass is 490 g/mol. The summed E-state index contributed by atoms with van der Waals surface area (Å²) in [6.45, 7) is 0. The minimum absolute atomic E-state index is 0.0635. The fraction of sp³-hybridized carbons (Fsp3) is 0.278. The van der Waals surface area contributed by atoms with E-state index in [-0.39, 0.29) is 28.8 Å². The summed E-state index contributed by atoms with van der Waals surface area (Å²) in [4.78, 5) is 5.97. The maximum atomic E-state index is 14.4. The average molecular weight is 491 g/mol. The number of hydrogen-bond donors (Lipinski definition) is 0. The third-order valence-corrected chi connectivity index (χ3v) is 7.86. The summed E-state index contributed by atoms with van der Waals surface area (Å²) < 4.78 is 66.5. The lowest BCUT2D eigenvalue weighted by Gasteiger charge is -2.26. The molecule has 2 aromatic carbocycles. The molecule has 2 aliphatic heterocycles. The number of halogens is 4. The van der Waals surface area contributed by atoms with E-state index in [4.69, 9.17) is 0 Å². The van der Waals surface area contributed by atoms with E-state index in [2.05, 4.69) is 20.9 Å². The lowest BCUT2D eigenvalue weighted by molar-refractivity contribution is 0.577. The molecule has 4 nitrogen and oxygen atoms in total. The summed E-state index contributed by atoms with van der Waals surface area (Å²) in [5.74, 6) is -1.94. The van der Waals surface area contributed by atoms with Crippen LogP contribution in [0.4, 0.5) is 18.9 Å². The first-order valence-electron chi connectivity index (χ1n) is 8.33. The van der Waals surface area contributed by atoms with Gasteiger partial charge in [0.15, 0.2) is 15.0 Å². The van der Waals surface area contributed by atoms with Crippen molar-refractivity contribution in [3.05, 3.63) is 63.9 Å². The van der Waals surface area contributed by atoms with Crippen LogP contribution in [0, 0.1) is 17.5 Å². The number of rotatable bonds is 3. The Morgan fingerprint density at radius 2 is 1.89 bits per heavy atom. The molecule has 10 heteroatoms. The van der Waals surface area contributed by atoms with Crippen LogP contribution in [0.15, 0.2) is 45.9 Å². The first kappa shape index (κ1) is 19.8. The number of benzene rings is 2. The van der Waals surface area contributed by atoms with Crippen molar-refractivity contribution in [1.82, 2.24) is 0 Å². The highest BCUT2D eigenvalue weighted by Gasteiger charge is 2.47. The molecule has 4 rings (SSSR count). The molecule has 2 atom stereocenters. The lowest BCUT2D eigenvalue weighted by Crippen LogP contribution is -2.39. The van der Waals surface area contributed by atoms with Gasteiger partial charge in [-0.25, -0.2) is 21.6 Å². The minimum atomic E-state index is -3.29. The smallest absolute Gasteiger partial charge is 0.164 e. The van der Waals surface area contributed by atoms with E-state index in [0.29, 0.717) is 15.2 Å². The molecule has 2 aromatic rings. The van der Waals surface area contributed by atoms with Crippen molar-refractivity contribution < 1.29 is 21.6 Å². The van der Waals surface area contributed by atoms with Crippen LogP contribution in [0.3, 0.4) is 0 Å². The number of thioether (sulfide) groups is 1. The molecular weight excluding hydrogens is 477 g/mol. The molecule has 1 fully saturated rings. The zero-order chi connectivity index (χ0) is 20.1. The minimum Gasteiger partial charge on any atom is -0.312 e. The van der Waals surface area contributed by atoms with Gasteiger partial charge >= 0.3 is 0 Å². The number of hydrogen-bond acceptors (Lipinski definition) is 5. The Bertz CT molecular complexity index is 1080.